The quantitative estimate of drug-likeness (QED) is 0.311. The van der Waals surface area contributed by atoms with Gasteiger partial charge in [0.2, 0.25) is 5.82 Å². The molecule has 0 spiro atoms. The van der Waals surface area contributed by atoms with Gasteiger partial charge in [-0.3, -0.25) is 4.79 Å². The molecule has 1 aliphatic rings. The van der Waals surface area contributed by atoms with E-state index in [1.165, 1.54) is 13.0 Å². The lowest BCUT2D eigenvalue weighted by Crippen LogP contribution is -2.25. The van der Waals surface area contributed by atoms with E-state index in [0.717, 1.165) is 0 Å². The van der Waals surface area contributed by atoms with Crippen molar-refractivity contribution in [2.24, 2.45) is 5.10 Å². The molecule has 0 radical (unpaired) electrons. The monoisotopic (exact) mass is 413 g/mol. The molecule has 0 saturated carbocycles. The van der Waals surface area contributed by atoms with Gasteiger partial charge in [0, 0.05) is 19.2 Å². The second-order valence-corrected chi connectivity index (χ2v) is 6.13. The zero-order chi connectivity index (χ0) is 21.5. The molecule has 0 fully saturated rings. The second kappa shape index (κ2) is 7.69. The van der Waals surface area contributed by atoms with Gasteiger partial charge in [-0.05, 0) is 32.9 Å². The fraction of sp³-hybridized carbons (Fsp3) is 0.263. The van der Waals surface area contributed by atoms with E-state index in [0.29, 0.717) is 19.0 Å². The molecule has 2 heterocycles. The van der Waals surface area contributed by atoms with Crippen molar-refractivity contribution >= 4 is 29.3 Å². The van der Waals surface area contributed by atoms with Crippen LogP contribution in [-0.2, 0) is 4.79 Å². The van der Waals surface area contributed by atoms with Gasteiger partial charge in [-0.15, -0.1) is 0 Å². The standard InChI is InChI=1S/C19H16F5N3O2/c1-4-26(5-2)12-7-6-10(29-12)8-11-9(3)25-27(19(11)28)18-16(23)14(21)13(20)15(22)17(18)24/h6-8H,4-5H2,1-3H3/b11-8+. The van der Waals surface area contributed by atoms with Crippen LogP contribution in [0.4, 0.5) is 33.5 Å². The highest BCUT2D eigenvalue weighted by Crippen LogP contribution is 2.34. The summed E-state index contributed by atoms with van der Waals surface area (Å²) < 4.78 is 74.0. The molecule has 0 saturated heterocycles. The van der Waals surface area contributed by atoms with Crippen LogP contribution in [0.25, 0.3) is 6.08 Å². The average Bonchev–Trinajstić information content (AvgIpc) is 3.27. The van der Waals surface area contributed by atoms with Crippen LogP contribution >= 0.6 is 0 Å². The fourth-order valence-electron chi connectivity index (χ4n) is 2.88. The molecule has 1 aromatic heterocycles. The molecule has 2 aromatic rings. The van der Waals surface area contributed by atoms with E-state index in [2.05, 4.69) is 5.10 Å². The Hall–Kier alpha value is -3.17. The summed E-state index contributed by atoms with van der Waals surface area (Å²) in [6.07, 6.45) is 1.29. The van der Waals surface area contributed by atoms with Gasteiger partial charge in [-0.1, -0.05) is 0 Å². The van der Waals surface area contributed by atoms with E-state index >= 15 is 0 Å². The number of hydrogen-bond donors (Lipinski definition) is 0. The van der Waals surface area contributed by atoms with Crippen molar-refractivity contribution in [1.29, 1.82) is 0 Å². The van der Waals surface area contributed by atoms with Crippen LogP contribution in [0.5, 0.6) is 0 Å². The Balaban J connectivity index is 2.00. The van der Waals surface area contributed by atoms with Crippen molar-refractivity contribution < 1.29 is 31.2 Å². The Bertz CT molecular complexity index is 1010. The Morgan fingerprint density at radius 3 is 2.10 bits per heavy atom. The highest BCUT2D eigenvalue weighted by atomic mass is 19.2. The molecule has 29 heavy (non-hydrogen) atoms. The largest absolute Gasteiger partial charge is 0.441 e. The summed E-state index contributed by atoms with van der Waals surface area (Å²) in [4.78, 5) is 14.5. The minimum Gasteiger partial charge on any atom is -0.441 e. The number of rotatable bonds is 5. The molecule has 0 aliphatic carbocycles. The molecule has 1 aliphatic heterocycles. The smallest absolute Gasteiger partial charge is 0.280 e. The molecule has 0 unspecified atom stereocenters. The van der Waals surface area contributed by atoms with Gasteiger partial charge in [-0.2, -0.15) is 10.1 Å². The number of benzene rings is 1. The van der Waals surface area contributed by atoms with Crippen LogP contribution in [0.3, 0.4) is 0 Å². The summed E-state index contributed by atoms with van der Waals surface area (Å²) in [6.45, 7) is 6.61. The maximum absolute atomic E-state index is 14.1. The Kier molecular flexibility index (Phi) is 5.45. The van der Waals surface area contributed by atoms with Crippen molar-refractivity contribution in [2.75, 3.05) is 23.0 Å². The van der Waals surface area contributed by atoms with E-state index in [4.69, 9.17) is 4.42 Å². The summed E-state index contributed by atoms with van der Waals surface area (Å²) in [5, 5.41) is 3.83. The molecule has 154 valence electrons. The average molecular weight is 413 g/mol. The van der Waals surface area contributed by atoms with Crippen molar-refractivity contribution in [2.45, 2.75) is 20.8 Å². The van der Waals surface area contributed by atoms with Gasteiger partial charge in [-0.25, -0.2) is 22.0 Å². The zero-order valence-electron chi connectivity index (χ0n) is 15.7. The number of carbonyl (C=O) groups excluding carboxylic acids is 1. The van der Waals surface area contributed by atoms with E-state index in [1.54, 1.807) is 12.1 Å². The van der Waals surface area contributed by atoms with Gasteiger partial charge in [0.25, 0.3) is 5.91 Å². The number of nitrogens with zero attached hydrogens (tertiary/aromatic N) is 3. The first-order valence-electron chi connectivity index (χ1n) is 8.69. The van der Waals surface area contributed by atoms with Gasteiger partial charge in [0.1, 0.15) is 11.4 Å². The van der Waals surface area contributed by atoms with Gasteiger partial charge >= 0.3 is 0 Å². The zero-order valence-corrected chi connectivity index (χ0v) is 15.7. The first-order valence-corrected chi connectivity index (χ1v) is 8.69. The number of anilines is 2. The maximum Gasteiger partial charge on any atom is 0.280 e. The van der Waals surface area contributed by atoms with Crippen molar-refractivity contribution in [3.05, 3.63) is 52.6 Å². The molecule has 0 N–H and O–H groups in total. The number of amides is 1. The number of furan rings is 1. The van der Waals surface area contributed by atoms with Crippen molar-refractivity contribution in [1.82, 2.24) is 0 Å². The molecule has 5 nitrogen and oxygen atoms in total. The Labute approximate surface area is 162 Å². The minimum absolute atomic E-state index is 0.0275. The molecule has 0 bridgehead atoms. The summed E-state index contributed by atoms with van der Waals surface area (Å²) in [7, 11) is 0. The second-order valence-electron chi connectivity index (χ2n) is 6.13. The van der Waals surface area contributed by atoms with E-state index in [9.17, 15) is 26.7 Å². The minimum atomic E-state index is -2.31. The molecular formula is C19H16F5N3O2. The molecular weight excluding hydrogens is 397 g/mol. The van der Waals surface area contributed by atoms with Crippen LogP contribution in [0, 0.1) is 29.1 Å². The predicted molar refractivity (Wildman–Crippen MR) is 97.1 cm³/mol. The topological polar surface area (TPSA) is 49.1 Å². The van der Waals surface area contributed by atoms with Gasteiger partial charge in [0.05, 0.1) is 11.3 Å². The lowest BCUT2D eigenvalue weighted by Gasteiger charge is -2.16. The van der Waals surface area contributed by atoms with E-state index in [-0.39, 0.29) is 22.1 Å². The highest BCUT2D eigenvalue weighted by Gasteiger charge is 2.37. The van der Waals surface area contributed by atoms with Crippen LogP contribution < -0.4 is 9.91 Å². The maximum atomic E-state index is 14.1. The third-order valence-electron chi connectivity index (χ3n) is 4.44. The third-order valence-corrected chi connectivity index (χ3v) is 4.44. The molecule has 10 heteroatoms. The SMILES string of the molecule is CCN(CC)c1ccc(/C=C2/C(=O)N(c3c(F)c(F)c(F)c(F)c3F)N=C2C)o1. The number of halogens is 5. The number of hydrogen-bond acceptors (Lipinski definition) is 4. The first kappa shape index (κ1) is 20.6. The Morgan fingerprint density at radius 1 is 1.00 bits per heavy atom. The van der Waals surface area contributed by atoms with Crippen LogP contribution in [0.1, 0.15) is 26.5 Å². The highest BCUT2D eigenvalue weighted by molar-refractivity contribution is 6.32. The van der Waals surface area contributed by atoms with Crippen LogP contribution in [0.2, 0.25) is 0 Å². The molecule has 3 rings (SSSR count). The predicted octanol–water partition coefficient (Wildman–Crippen LogP) is 4.63. The summed E-state index contributed by atoms with van der Waals surface area (Å²) >= 11 is 0. The van der Waals surface area contributed by atoms with Crippen LogP contribution in [-0.4, -0.2) is 24.7 Å². The van der Waals surface area contributed by atoms with Gasteiger partial charge < -0.3 is 9.32 Å². The molecule has 0 atom stereocenters. The third kappa shape index (κ3) is 3.39. The summed E-state index contributed by atoms with van der Waals surface area (Å²) in [5.74, 6) is -11.2. The number of hydrazone groups is 1. The van der Waals surface area contributed by atoms with Crippen molar-refractivity contribution in [3.63, 3.8) is 0 Å². The lowest BCUT2D eigenvalue weighted by atomic mass is 10.1. The summed E-state index contributed by atoms with van der Waals surface area (Å²) in [5.41, 5.74) is -1.51. The molecule has 1 amide bonds. The Morgan fingerprint density at radius 2 is 1.55 bits per heavy atom. The van der Waals surface area contributed by atoms with Crippen LogP contribution in [0.15, 0.2) is 27.2 Å². The normalized spacial score (nSPS) is 15.4. The molecule has 1 aromatic carbocycles. The summed E-state index contributed by atoms with van der Waals surface area (Å²) in [6, 6.07) is 3.27. The van der Waals surface area contributed by atoms with Crippen molar-refractivity contribution in [3.8, 4) is 0 Å². The fourth-order valence-corrected chi connectivity index (χ4v) is 2.88. The van der Waals surface area contributed by atoms with Gasteiger partial charge in [0.15, 0.2) is 29.2 Å². The van der Waals surface area contributed by atoms with E-state index < -0.39 is 40.7 Å². The van der Waals surface area contributed by atoms with E-state index in [1.807, 2.05) is 18.7 Å². The first-order chi connectivity index (χ1) is 13.7. The lowest BCUT2D eigenvalue weighted by molar-refractivity contribution is -0.114. The number of carbonyl (C=O) groups is 1.